The molecule has 1 heterocycles. The summed E-state index contributed by atoms with van der Waals surface area (Å²) in [4.78, 5) is 12.5. The number of rotatable bonds is 9. The zero-order chi connectivity index (χ0) is 20.6. The molecule has 0 bridgehead atoms. The third-order valence-electron chi connectivity index (χ3n) is 4.02. The molecular formula is C21H21NO5S2. The average molecular weight is 432 g/mol. The predicted molar refractivity (Wildman–Crippen MR) is 118 cm³/mol. The van der Waals surface area contributed by atoms with Crippen LogP contribution in [0.2, 0.25) is 0 Å². The minimum Gasteiger partial charge on any atom is -0.493 e. The molecule has 0 spiro atoms. The van der Waals surface area contributed by atoms with Gasteiger partial charge < -0.3 is 24.3 Å². The minimum absolute atomic E-state index is 0.209. The summed E-state index contributed by atoms with van der Waals surface area (Å²) in [5.41, 5.74) is 0.748. The van der Waals surface area contributed by atoms with E-state index >= 15 is 0 Å². The van der Waals surface area contributed by atoms with Crippen LogP contribution in [-0.2, 0) is 4.79 Å². The van der Waals surface area contributed by atoms with E-state index in [0.29, 0.717) is 51.9 Å². The Morgan fingerprint density at radius 3 is 2.34 bits per heavy atom. The zero-order valence-corrected chi connectivity index (χ0v) is 17.7. The van der Waals surface area contributed by atoms with Gasteiger partial charge in [-0.1, -0.05) is 48.2 Å². The molecule has 0 aromatic heterocycles. The summed E-state index contributed by atoms with van der Waals surface area (Å²) in [6.45, 7) is 0.891. The van der Waals surface area contributed by atoms with Crippen LogP contribution < -0.4 is 24.3 Å². The van der Waals surface area contributed by atoms with E-state index in [1.54, 1.807) is 20.3 Å². The number of para-hydroxylation sites is 3. The van der Waals surface area contributed by atoms with Gasteiger partial charge in [-0.15, -0.1) is 0 Å². The minimum atomic E-state index is -0.209. The summed E-state index contributed by atoms with van der Waals surface area (Å²) >= 11 is 6.27. The van der Waals surface area contributed by atoms with Crippen LogP contribution >= 0.6 is 24.0 Å². The summed E-state index contributed by atoms with van der Waals surface area (Å²) in [5, 5.41) is 2.61. The molecule has 1 aliphatic rings. The van der Waals surface area contributed by atoms with E-state index in [-0.39, 0.29) is 5.91 Å². The number of methoxy groups -OCH3 is 2. The molecule has 1 aliphatic heterocycles. The third-order valence-corrected chi connectivity index (χ3v) is 5.18. The Bertz CT molecular complexity index is 929. The number of thioether (sulfide) groups is 1. The second kappa shape index (κ2) is 10.2. The maximum absolute atomic E-state index is 12.0. The van der Waals surface area contributed by atoms with Crippen LogP contribution in [0.1, 0.15) is 12.0 Å². The number of benzene rings is 2. The van der Waals surface area contributed by atoms with Crippen molar-refractivity contribution >= 4 is 40.3 Å². The normalized spacial score (nSPS) is 14.6. The van der Waals surface area contributed by atoms with Crippen molar-refractivity contribution in [2.45, 2.75) is 6.42 Å². The van der Waals surface area contributed by atoms with Crippen molar-refractivity contribution in [2.24, 2.45) is 0 Å². The van der Waals surface area contributed by atoms with Crippen LogP contribution in [0.25, 0.3) is 6.08 Å². The van der Waals surface area contributed by atoms with Crippen molar-refractivity contribution in [3.05, 3.63) is 52.9 Å². The van der Waals surface area contributed by atoms with Crippen molar-refractivity contribution in [1.29, 1.82) is 0 Å². The Balaban J connectivity index is 1.63. The van der Waals surface area contributed by atoms with Crippen LogP contribution in [0.5, 0.6) is 23.0 Å². The fraction of sp³-hybridized carbons (Fsp3) is 0.238. The second-order valence-electron chi connectivity index (χ2n) is 5.93. The van der Waals surface area contributed by atoms with Crippen LogP contribution in [0.15, 0.2) is 47.4 Å². The molecule has 0 atom stereocenters. The fourth-order valence-electron chi connectivity index (χ4n) is 2.68. The number of hydrogen-bond acceptors (Lipinski definition) is 7. The first-order chi connectivity index (χ1) is 14.1. The van der Waals surface area contributed by atoms with Gasteiger partial charge in [-0.2, -0.15) is 0 Å². The number of amides is 1. The monoisotopic (exact) mass is 431 g/mol. The highest BCUT2D eigenvalue weighted by Gasteiger charge is 2.23. The molecule has 0 saturated carbocycles. The Hall–Kier alpha value is -2.71. The molecule has 152 valence electrons. The maximum Gasteiger partial charge on any atom is 0.263 e. The van der Waals surface area contributed by atoms with E-state index in [2.05, 4.69) is 5.32 Å². The molecule has 0 aliphatic carbocycles. The standard InChI is InChI=1S/C21H21NO5S2/c1-24-15-8-3-4-9-16(15)26-11-6-12-27-19-14(7-5-10-17(19)25-2)13-18-20(23)22-21(28)29-18/h3-5,7-10,13H,6,11-12H2,1-2H3,(H,22,23,28). The average Bonchev–Trinajstić information content (AvgIpc) is 3.05. The fourth-order valence-corrected chi connectivity index (χ4v) is 3.71. The summed E-state index contributed by atoms with van der Waals surface area (Å²) in [7, 11) is 3.19. The van der Waals surface area contributed by atoms with Gasteiger partial charge >= 0.3 is 0 Å². The first-order valence-electron chi connectivity index (χ1n) is 8.93. The zero-order valence-electron chi connectivity index (χ0n) is 16.1. The largest absolute Gasteiger partial charge is 0.493 e. The van der Waals surface area contributed by atoms with Crippen LogP contribution in [0, 0.1) is 0 Å². The maximum atomic E-state index is 12.0. The number of nitrogens with one attached hydrogen (secondary N) is 1. The molecule has 3 rings (SSSR count). The lowest BCUT2D eigenvalue weighted by Crippen LogP contribution is -2.17. The molecule has 1 N–H and O–H groups in total. The Labute approximate surface area is 179 Å². The predicted octanol–water partition coefficient (Wildman–Crippen LogP) is 4.04. The SMILES string of the molecule is COc1ccccc1OCCCOc1c(C=C2SC(=S)NC2=O)cccc1OC. The van der Waals surface area contributed by atoms with Gasteiger partial charge in [-0.3, -0.25) is 4.79 Å². The molecule has 2 aromatic carbocycles. The lowest BCUT2D eigenvalue weighted by molar-refractivity contribution is -0.115. The highest BCUT2D eigenvalue weighted by Crippen LogP contribution is 2.35. The second-order valence-corrected chi connectivity index (χ2v) is 7.65. The molecule has 1 saturated heterocycles. The highest BCUT2D eigenvalue weighted by molar-refractivity contribution is 8.26. The molecule has 0 radical (unpaired) electrons. The number of hydrogen-bond donors (Lipinski definition) is 1. The number of carbonyl (C=O) groups is 1. The number of carbonyl (C=O) groups excluding carboxylic acids is 1. The quantitative estimate of drug-likeness (QED) is 0.365. The smallest absolute Gasteiger partial charge is 0.263 e. The third kappa shape index (κ3) is 5.42. The topological polar surface area (TPSA) is 66.0 Å². The van der Waals surface area contributed by atoms with Crippen LogP contribution in [-0.4, -0.2) is 37.7 Å². The van der Waals surface area contributed by atoms with Gasteiger partial charge in [0, 0.05) is 12.0 Å². The van der Waals surface area contributed by atoms with Gasteiger partial charge in [-0.25, -0.2) is 0 Å². The summed E-state index contributed by atoms with van der Waals surface area (Å²) in [6.07, 6.45) is 2.41. The van der Waals surface area contributed by atoms with Crippen LogP contribution in [0.3, 0.4) is 0 Å². The van der Waals surface area contributed by atoms with Gasteiger partial charge in [0.2, 0.25) is 0 Å². The summed E-state index contributed by atoms with van der Waals surface area (Å²) < 4.78 is 22.9. The number of ether oxygens (including phenoxy) is 4. The van der Waals surface area contributed by atoms with Crippen molar-refractivity contribution < 1.29 is 23.7 Å². The van der Waals surface area contributed by atoms with E-state index in [0.717, 1.165) is 5.56 Å². The van der Waals surface area contributed by atoms with Gasteiger partial charge in [-0.05, 0) is 24.3 Å². The Kier molecular flexibility index (Phi) is 7.37. The Morgan fingerprint density at radius 1 is 0.966 bits per heavy atom. The first kappa shape index (κ1) is 21.0. The van der Waals surface area contributed by atoms with E-state index in [1.165, 1.54) is 11.8 Å². The molecular weight excluding hydrogens is 410 g/mol. The number of thiocarbonyl (C=S) groups is 1. The van der Waals surface area contributed by atoms with Crippen molar-refractivity contribution in [3.8, 4) is 23.0 Å². The van der Waals surface area contributed by atoms with E-state index < -0.39 is 0 Å². The van der Waals surface area contributed by atoms with Gasteiger partial charge in [0.05, 0.1) is 32.3 Å². The van der Waals surface area contributed by atoms with Crippen LogP contribution in [0.4, 0.5) is 0 Å². The molecule has 0 unspecified atom stereocenters. The van der Waals surface area contributed by atoms with Crippen molar-refractivity contribution in [2.75, 3.05) is 27.4 Å². The lowest BCUT2D eigenvalue weighted by atomic mass is 10.1. The highest BCUT2D eigenvalue weighted by atomic mass is 32.2. The van der Waals surface area contributed by atoms with E-state index in [4.69, 9.17) is 31.2 Å². The molecule has 8 heteroatoms. The molecule has 1 amide bonds. The summed E-state index contributed by atoms with van der Waals surface area (Å²) in [5.74, 6) is 2.34. The molecule has 1 fully saturated rings. The van der Waals surface area contributed by atoms with Gasteiger partial charge in [0.15, 0.2) is 23.0 Å². The lowest BCUT2D eigenvalue weighted by Gasteiger charge is -2.14. The molecule has 29 heavy (non-hydrogen) atoms. The summed E-state index contributed by atoms with van der Waals surface area (Å²) in [6, 6.07) is 13.0. The molecule has 6 nitrogen and oxygen atoms in total. The van der Waals surface area contributed by atoms with E-state index in [9.17, 15) is 4.79 Å². The molecule has 2 aromatic rings. The van der Waals surface area contributed by atoms with Gasteiger partial charge in [0.25, 0.3) is 5.91 Å². The first-order valence-corrected chi connectivity index (χ1v) is 10.2. The van der Waals surface area contributed by atoms with Crippen molar-refractivity contribution in [1.82, 2.24) is 5.32 Å². The van der Waals surface area contributed by atoms with Crippen molar-refractivity contribution in [3.63, 3.8) is 0 Å². The Morgan fingerprint density at radius 2 is 1.66 bits per heavy atom. The van der Waals surface area contributed by atoms with Gasteiger partial charge in [0.1, 0.15) is 4.32 Å². The van der Waals surface area contributed by atoms with E-state index in [1.807, 2.05) is 42.5 Å².